The summed E-state index contributed by atoms with van der Waals surface area (Å²) in [6.07, 6.45) is 12.6. The number of phenolic OH excluding ortho intramolecular Hbond substituents is 2. The Balaban J connectivity index is 0.000000166. The number of aryl methyl sites for hydroxylation is 4. The molecule has 4 heterocycles. The van der Waals surface area contributed by atoms with E-state index in [0.717, 1.165) is 67.1 Å². The highest BCUT2D eigenvalue weighted by Gasteiger charge is 2.15. The van der Waals surface area contributed by atoms with Gasteiger partial charge in [-0.25, -0.2) is 14.6 Å². The number of aromatic hydroxyl groups is 2. The summed E-state index contributed by atoms with van der Waals surface area (Å²) in [6.45, 7) is 12.9. The summed E-state index contributed by atoms with van der Waals surface area (Å²) in [5.74, 6) is 0.412. The summed E-state index contributed by atoms with van der Waals surface area (Å²) in [5.41, 5.74) is 5.67. The van der Waals surface area contributed by atoms with Gasteiger partial charge in [-0.1, -0.05) is 70.1 Å². The topological polar surface area (TPSA) is 120 Å². The first-order valence-electron chi connectivity index (χ1n) is 20.0. The number of thiazole rings is 1. The number of anilines is 1. The molecule has 0 atom stereocenters. The van der Waals surface area contributed by atoms with E-state index in [0.29, 0.717) is 27.3 Å². The molecule has 1 fully saturated rings. The Labute approximate surface area is 334 Å². The number of fused-ring (bicyclic) bond motifs is 2. The Morgan fingerprint density at radius 3 is 1.79 bits per heavy atom. The van der Waals surface area contributed by atoms with Crippen LogP contribution in [0.15, 0.2) is 90.7 Å². The lowest BCUT2D eigenvalue weighted by Gasteiger charge is -2.34. The largest absolute Gasteiger partial charge is 0.508 e. The minimum atomic E-state index is -0.428. The lowest BCUT2D eigenvalue weighted by atomic mass is 10.0. The first kappa shape index (κ1) is 42.2. The fraction of sp³-hybridized carbons (Fsp3) is 0.413. The summed E-state index contributed by atoms with van der Waals surface area (Å²) in [4.78, 5) is 32.5. The molecule has 1 aliphatic heterocycles. The Bertz CT molecular complexity index is 2250. The van der Waals surface area contributed by atoms with Crippen LogP contribution < -0.4 is 16.2 Å². The molecule has 0 bridgehead atoms. The minimum absolute atomic E-state index is 0.194. The minimum Gasteiger partial charge on any atom is -0.508 e. The van der Waals surface area contributed by atoms with Crippen LogP contribution in [0.2, 0.25) is 0 Å². The Morgan fingerprint density at radius 1 is 0.696 bits per heavy atom. The van der Waals surface area contributed by atoms with Crippen molar-refractivity contribution >= 4 is 39.0 Å². The van der Waals surface area contributed by atoms with Crippen LogP contribution in [-0.4, -0.2) is 53.3 Å². The molecule has 0 amide bonds. The predicted molar refractivity (Wildman–Crippen MR) is 231 cm³/mol. The lowest BCUT2D eigenvalue weighted by molar-refractivity contribution is 0.313. The second-order valence-electron chi connectivity index (χ2n) is 14.8. The van der Waals surface area contributed by atoms with E-state index in [4.69, 9.17) is 8.83 Å². The Hall–Kier alpha value is -4.93. The number of hydrogen-bond donors (Lipinski definition) is 2. The van der Waals surface area contributed by atoms with E-state index in [1.54, 1.807) is 25.3 Å². The molecule has 7 rings (SSSR count). The van der Waals surface area contributed by atoms with Crippen LogP contribution >= 0.6 is 11.3 Å². The standard InChI is InChI=1S/C18H19NO3S.C16H20O3.C12H18N2/c1-2-3-4-5-6-12-9-13-10-14(17-19-7-8-23-17)18(21)22-16(13)11-15(12)20;1-3-4-5-6-7-12-9-13-8-11(2)16(18)19-15(13)10-14(12)17;1-11-3-5-12(6-4-11)14-9-7-13(2)8-10-14/h7-11,20H,2-6H2,1H3;8-10,17H,3-7H2,1-2H3;3-6H,7-10H2,1-2H3. The molecular formula is C46H57N3O6S. The van der Waals surface area contributed by atoms with Gasteiger partial charge in [-0.2, -0.15) is 0 Å². The molecule has 3 aromatic heterocycles. The monoisotopic (exact) mass is 779 g/mol. The molecule has 6 aromatic rings. The van der Waals surface area contributed by atoms with E-state index in [1.165, 1.54) is 73.8 Å². The molecule has 3 aromatic carbocycles. The van der Waals surface area contributed by atoms with Gasteiger partial charge in [-0.05, 0) is 94.1 Å². The van der Waals surface area contributed by atoms with Crippen molar-refractivity contribution in [2.75, 3.05) is 38.1 Å². The summed E-state index contributed by atoms with van der Waals surface area (Å²) >= 11 is 1.40. The lowest BCUT2D eigenvalue weighted by Crippen LogP contribution is -2.44. The van der Waals surface area contributed by atoms with Crippen molar-refractivity contribution in [3.05, 3.63) is 115 Å². The number of rotatable bonds is 12. The molecular weight excluding hydrogens is 723 g/mol. The summed E-state index contributed by atoms with van der Waals surface area (Å²) in [5, 5.41) is 24.3. The fourth-order valence-electron chi connectivity index (χ4n) is 6.72. The molecule has 0 spiro atoms. The summed E-state index contributed by atoms with van der Waals surface area (Å²) in [6, 6.07) is 19.4. The number of aromatic nitrogens is 1. The maximum atomic E-state index is 12.1. The van der Waals surface area contributed by atoms with Gasteiger partial charge in [0.1, 0.15) is 27.7 Å². The number of phenols is 2. The normalized spacial score (nSPS) is 13.0. The van der Waals surface area contributed by atoms with Crippen LogP contribution in [0, 0.1) is 13.8 Å². The van der Waals surface area contributed by atoms with E-state index >= 15 is 0 Å². The SMILES string of the molecule is CCCCCCc1cc2cc(-c3nccs3)c(=O)oc2cc1O.CCCCCCc1cc2cc(C)c(=O)oc2cc1O.Cc1ccc(N2CCN(C)CC2)cc1. The van der Waals surface area contributed by atoms with E-state index in [2.05, 4.69) is 66.9 Å². The zero-order valence-corrected chi connectivity index (χ0v) is 34.4. The second-order valence-corrected chi connectivity index (χ2v) is 15.7. The summed E-state index contributed by atoms with van der Waals surface area (Å²) in [7, 11) is 2.19. The van der Waals surface area contributed by atoms with Gasteiger partial charge >= 0.3 is 11.3 Å². The zero-order chi connectivity index (χ0) is 40.0. The third kappa shape index (κ3) is 11.8. The van der Waals surface area contributed by atoms with Crippen LogP contribution in [0.4, 0.5) is 5.69 Å². The van der Waals surface area contributed by atoms with Crippen LogP contribution in [-0.2, 0) is 12.8 Å². The molecule has 56 heavy (non-hydrogen) atoms. The molecule has 2 N–H and O–H groups in total. The van der Waals surface area contributed by atoms with Gasteiger partial charge in [0.25, 0.3) is 0 Å². The smallest absolute Gasteiger partial charge is 0.346 e. The van der Waals surface area contributed by atoms with Crippen molar-refractivity contribution in [1.29, 1.82) is 0 Å². The number of benzene rings is 3. The highest BCUT2D eigenvalue weighted by atomic mass is 32.1. The fourth-order valence-corrected chi connectivity index (χ4v) is 7.36. The van der Waals surface area contributed by atoms with E-state index in [-0.39, 0.29) is 17.1 Å². The maximum absolute atomic E-state index is 12.1. The molecule has 0 unspecified atom stereocenters. The van der Waals surface area contributed by atoms with Gasteiger partial charge in [-0.3, -0.25) is 0 Å². The quantitative estimate of drug-likeness (QED) is 0.0924. The Kier molecular flexibility index (Phi) is 15.7. The van der Waals surface area contributed by atoms with E-state index < -0.39 is 5.63 Å². The van der Waals surface area contributed by atoms with E-state index in [9.17, 15) is 19.8 Å². The van der Waals surface area contributed by atoms with Crippen molar-refractivity contribution in [3.63, 3.8) is 0 Å². The molecule has 1 aliphatic rings. The Morgan fingerprint density at radius 2 is 1.25 bits per heavy atom. The van der Waals surface area contributed by atoms with Crippen molar-refractivity contribution in [2.45, 2.75) is 91.9 Å². The van der Waals surface area contributed by atoms with Crippen molar-refractivity contribution in [1.82, 2.24) is 9.88 Å². The average Bonchev–Trinajstić information content (AvgIpc) is 3.72. The maximum Gasteiger partial charge on any atom is 0.346 e. The van der Waals surface area contributed by atoms with Crippen LogP contribution in [0.25, 0.3) is 32.5 Å². The molecule has 10 heteroatoms. The van der Waals surface area contributed by atoms with Gasteiger partial charge in [0.05, 0.1) is 5.56 Å². The number of hydrogen-bond acceptors (Lipinski definition) is 10. The molecule has 1 saturated heterocycles. The van der Waals surface area contributed by atoms with Crippen molar-refractivity contribution < 1.29 is 19.0 Å². The van der Waals surface area contributed by atoms with Gasteiger partial charge in [0, 0.05) is 71.9 Å². The van der Waals surface area contributed by atoms with Crippen LogP contribution in [0.3, 0.4) is 0 Å². The van der Waals surface area contributed by atoms with Gasteiger partial charge in [0.15, 0.2) is 0 Å². The number of likely N-dealkylation sites (N-methyl/N-ethyl adjacent to an activating group) is 1. The molecule has 0 aliphatic carbocycles. The highest BCUT2D eigenvalue weighted by Crippen LogP contribution is 2.30. The van der Waals surface area contributed by atoms with Gasteiger partial charge in [-0.15, -0.1) is 11.3 Å². The molecule has 298 valence electrons. The second kappa shape index (κ2) is 20.8. The third-order valence-corrected chi connectivity index (χ3v) is 11.0. The van der Waals surface area contributed by atoms with Crippen LogP contribution in [0.1, 0.15) is 87.5 Å². The van der Waals surface area contributed by atoms with Crippen molar-refractivity contribution in [2.24, 2.45) is 0 Å². The first-order chi connectivity index (χ1) is 27.1. The van der Waals surface area contributed by atoms with E-state index in [1.807, 2.05) is 23.6 Å². The summed E-state index contributed by atoms with van der Waals surface area (Å²) < 4.78 is 10.5. The average molecular weight is 780 g/mol. The highest BCUT2D eigenvalue weighted by molar-refractivity contribution is 7.13. The molecule has 0 saturated carbocycles. The zero-order valence-electron chi connectivity index (χ0n) is 33.6. The number of unbranched alkanes of at least 4 members (excludes halogenated alkanes) is 6. The van der Waals surface area contributed by atoms with Gasteiger partial charge < -0.3 is 28.8 Å². The first-order valence-corrected chi connectivity index (χ1v) is 20.9. The van der Waals surface area contributed by atoms with Crippen molar-refractivity contribution in [3.8, 4) is 22.1 Å². The van der Waals surface area contributed by atoms with Crippen LogP contribution in [0.5, 0.6) is 11.5 Å². The third-order valence-electron chi connectivity index (χ3n) is 10.2. The van der Waals surface area contributed by atoms with Gasteiger partial charge in [0.2, 0.25) is 0 Å². The molecule has 9 nitrogen and oxygen atoms in total. The number of piperazine rings is 1. The number of nitrogens with zero attached hydrogens (tertiary/aromatic N) is 3. The molecule has 0 radical (unpaired) electrons. The predicted octanol–water partition coefficient (Wildman–Crippen LogP) is 10.4.